The van der Waals surface area contributed by atoms with Gasteiger partial charge in [-0.15, -0.1) is 0 Å². The van der Waals surface area contributed by atoms with E-state index in [4.69, 9.17) is 0 Å². The van der Waals surface area contributed by atoms with Crippen LogP contribution in [-0.2, 0) is 0 Å². The predicted molar refractivity (Wildman–Crippen MR) is 49.8 cm³/mol. The van der Waals surface area contributed by atoms with Crippen molar-refractivity contribution in [3.05, 3.63) is 0 Å². The highest BCUT2D eigenvalue weighted by atomic mass is 15.2. The van der Waals surface area contributed by atoms with Crippen molar-refractivity contribution in [1.29, 1.82) is 0 Å². The Morgan fingerprint density at radius 3 is 1.91 bits per heavy atom. The van der Waals surface area contributed by atoms with Gasteiger partial charge in [-0.2, -0.15) is 0 Å². The first-order valence-electron chi connectivity index (χ1n) is 5.21. The number of hydrogen-bond donors (Lipinski definition) is 0. The van der Waals surface area contributed by atoms with Gasteiger partial charge in [-0.1, -0.05) is 20.3 Å². The Labute approximate surface area is 70.8 Å². The molecule has 1 saturated carbocycles. The molecule has 1 aliphatic heterocycles. The van der Waals surface area contributed by atoms with Gasteiger partial charge in [0.2, 0.25) is 0 Å². The van der Waals surface area contributed by atoms with Crippen molar-refractivity contribution in [3.8, 4) is 0 Å². The predicted octanol–water partition coefficient (Wildman–Crippen LogP) is 2.66. The molecule has 0 spiro atoms. The summed E-state index contributed by atoms with van der Waals surface area (Å²) >= 11 is 0. The second-order valence-corrected chi connectivity index (χ2v) is 3.33. The van der Waals surface area contributed by atoms with Gasteiger partial charge in [0.05, 0.1) is 0 Å². The summed E-state index contributed by atoms with van der Waals surface area (Å²) in [6, 6.07) is 1.02. The van der Waals surface area contributed by atoms with Gasteiger partial charge in [0.1, 0.15) is 0 Å². The highest BCUT2D eigenvalue weighted by Crippen LogP contribution is 2.28. The van der Waals surface area contributed by atoms with Gasteiger partial charge < -0.3 is 4.90 Å². The second-order valence-electron chi connectivity index (χ2n) is 3.33. The molecular weight excluding hydrogens is 134 g/mol. The van der Waals surface area contributed by atoms with Crippen molar-refractivity contribution in [1.82, 2.24) is 4.90 Å². The van der Waals surface area contributed by atoms with E-state index in [-0.39, 0.29) is 0 Å². The topological polar surface area (TPSA) is 3.24 Å². The second kappa shape index (κ2) is 4.76. The van der Waals surface area contributed by atoms with Crippen molar-refractivity contribution < 1.29 is 0 Å². The summed E-state index contributed by atoms with van der Waals surface area (Å²) in [6.45, 7) is 6.79. The van der Waals surface area contributed by atoms with Gasteiger partial charge in [0, 0.05) is 6.04 Å². The van der Waals surface area contributed by atoms with Crippen LogP contribution in [0.4, 0.5) is 0 Å². The Morgan fingerprint density at radius 2 is 1.45 bits per heavy atom. The quantitative estimate of drug-likeness (QED) is 0.562. The molecule has 2 rings (SSSR count). The van der Waals surface area contributed by atoms with E-state index in [1.807, 2.05) is 13.8 Å². The largest absolute Gasteiger partial charge is 0.300 e. The maximum Gasteiger partial charge on any atom is 0.00964 e. The fraction of sp³-hybridized carbons (Fsp3) is 1.00. The molecule has 0 N–H and O–H groups in total. The molecular formula is C10H21N. The Bertz CT molecular complexity index is 91.0. The molecule has 1 saturated heterocycles. The summed E-state index contributed by atoms with van der Waals surface area (Å²) in [7, 11) is 0. The molecule has 2 aliphatic rings. The van der Waals surface area contributed by atoms with E-state index in [9.17, 15) is 0 Å². The van der Waals surface area contributed by atoms with Crippen molar-refractivity contribution in [2.75, 3.05) is 13.1 Å². The van der Waals surface area contributed by atoms with E-state index in [0.29, 0.717) is 0 Å². The SMILES string of the molecule is C1CCN(C2CC2)CC1.CC. The van der Waals surface area contributed by atoms with Crippen LogP contribution in [0.25, 0.3) is 0 Å². The van der Waals surface area contributed by atoms with E-state index in [0.717, 1.165) is 6.04 Å². The lowest BCUT2D eigenvalue weighted by Gasteiger charge is -2.25. The maximum atomic E-state index is 2.67. The molecule has 1 heteroatoms. The first-order valence-corrected chi connectivity index (χ1v) is 5.21. The molecule has 0 atom stereocenters. The summed E-state index contributed by atoms with van der Waals surface area (Å²) in [6.07, 6.45) is 7.36. The zero-order valence-electron chi connectivity index (χ0n) is 7.97. The minimum Gasteiger partial charge on any atom is -0.300 e. The van der Waals surface area contributed by atoms with Crippen LogP contribution in [0.1, 0.15) is 46.0 Å². The lowest BCUT2D eigenvalue weighted by molar-refractivity contribution is 0.219. The molecule has 1 nitrogen and oxygen atoms in total. The zero-order chi connectivity index (χ0) is 8.10. The molecule has 1 heterocycles. The smallest absolute Gasteiger partial charge is 0.00964 e. The van der Waals surface area contributed by atoms with Gasteiger partial charge in [-0.3, -0.25) is 0 Å². The van der Waals surface area contributed by atoms with E-state index < -0.39 is 0 Å². The first-order chi connectivity index (χ1) is 5.47. The molecule has 0 bridgehead atoms. The monoisotopic (exact) mass is 155 g/mol. The number of nitrogens with zero attached hydrogens (tertiary/aromatic N) is 1. The number of likely N-dealkylation sites (tertiary alicyclic amines) is 1. The third kappa shape index (κ3) is 2.82. The van der Waals surface area contributed by atoms with Gasteiger partial charge in [-0.05, 0) is 38.8 Å². The molecule has 0 radical (unpaired) electrons. The Morgan fingerprint density at radius 1 is 0.909 bits per heavy atom. The van der Waals surface area contributed by atoms with E-state index in [1.54, 1.807) is 0 Å². The molecule has 0 aromatic carbocycles. The molecule has 0 aromatic heterocycles. The highest BCUT2D eigenvalue weighted by Gasteiger charge is 2.28. The summed E-state index contributed by atoms with van der Waals surface area (Å²) < 4.78 is 0. The average molecular weight is 155 g/mol. The number of hydrogen-bond acceptors (Lipinski definition) is 1. The fourth-order valence-corrected chi connectivity index (χ4v) is 1.72. The minimum absolute atomic E-state index is 1.02. The lowest BCUT2D eigenvalue weighted by Crippen LogP contribution is -2.31. The van der Waals surface area contributed by atoms with Gasteiger partial charge in [-0.25, -0.2) is 0 Å². The van der Waals surface area contributed by atoms with E-state index in [1.165, 1.54) is 45.2 Å². The van der Waals surface area contributed by atoms with Crippen LogP contribution in [0.2, 0.25) is 0 Å². The van der Waals surface area contributed by atoms with E-state index in [2.05, 4.69) is 4.90 Å². The van der Waals surface area contributed by atoms with Crippen molar-refractivity contribution in [2.45, 2.75) is 52.0 Å². The third-order valence-electron chi connectivity index (χ3n) is 2.45. The lowest BCUT2D eigenvalue weighted by atomic mass is 10.1. The van der Waals surface area contributed by atoms with Crippen LogP contribution >= 0.6 is 0 Å². The maximum absolute atomic E-state index is 2.67. The average Bonchev–Trinajstić information content (AvgIpc) is 2.92. The summed E-state index contributed by atoms with van der Waals surface area (Å²) in [4.78, 5) is 2.67. The third-order valence-corrected chi connectivity index (χ3v) is 2.45. The first kappa shape index (κ1) is 9.05. The fourth-order valence-electron chi connectivity index (χ4n) is 1.72. The van der Waals surface area contributed by atoms with Crippen LogP contribution in [0.15, 0.2) is 0 Å². The molecule has 11 heavy (non-hydrogen) atoms. The Balaban J connectivity index is 0.000000281. The van der Waals surface area contributed by atoms with Crippen LogP contribution in [0.3, 0.4) is 0 Å². The van der Waals surface area contributed by atoms with Crippen molar-refractivity contribution in [2.24, 2.45) is 0 Å². The molecule has 0 amide bonds. The normalized spacial score (nSPS) is 25.6. The molecule has 1 aliphatic carbocycles. The van der Waals surface area contributed by atoms with Crippen molar-refractivity contribution >= 4 is 0 Å². The standard InChI is InChI=1S/C8H15N.C2H6/c1-2-6-9(7-3-1)8-4-5-8;1-2/h8H,1-7H2;1-2H3. The summed E-state index contributed by atoms with van der Waals surface area (Å²) in [5.74, 6) is 0. The Kier molecular flexibility index (Phi) is 3.92. The zero-order valence-corrected chi connectivity index (χ0v) is 7.97. The van der Waals surface area contributed by atoms with Crippen LogP contribution in [0, 0.1) is 0 Å². The molecule has 0 unspecified atom stereocenters. The summed E-state index contributed by atoms with van der Waals surface area (Å²) in [5, 5.41) is 0. The van der Waals surface area contributed by atoms with Crippen LogP contribution in [0.5, 0.6) is 0 Å². The van der Waals surface area contributed by atoms with Gasteiger partial charge >= 0.3 is 0 Å². The Hall–Kier alpha value is -0.0400. The summed E-state index contributed by atoms with van der Waals surface area (Å²) in [5.41, 5.74) is 0. The molecule has 66 valence electrons. The van der Waals surface area contributed by atoms with Gasteiger partial charge in [0.15, 0.2) is 0 Å². The van der Waals surface area contributed by atoms with Crippen LogP contribution < -0.4 is 0 Å². The minimum atomic E-state index is 1.02. The van der Waals surface area contributed by atoms with E-state index >= 15 is 0 Å². The highest BCUT2D eigenvalue weighted by molar-refractivity contribution is 4.85. The van der Waals surface area contributed by atoms with Gasteiger partial charge in [0.25, 0.3) is 0 Å². The van der Waals surface area contributed by atoms with Crippen molar-refractivity contribution in [3.63, 3.8) is 0 Å². The number of piperidine rings is 1. The molecule has 2 fully saturated rings. The number of rotatable bonds is 1. The van der Waals surface area contributed by atoms with Crippen LogP contribution in [-0.4, -0.2) is 24.0 Å². The molecule has 0 aromatic rings.